The third-order valence-corrected chi connectivity index (χ3v) is 5.02. The van der Waals surface area contributed by atoms with E-state index in [0.29, 0.717) is 29.0 Å². The van der Waals surface area contributed by atoms with Crippen LogP contribution < -0.4 is 0 Å². The van der Waals surface area contributed by atoms with E-state index in [4.69, 9.17) is 0 Å². The zero-order valence-corrected chi connectivity index (χ0v) is 15.0. The SMILES string of the molecule is CCCC(O)CCCC(=O)c1ccc(-c2cc(C(F)(F)F)n(C)n2)s1. The van der Waals surface area contributed by atoms with Crippen LogP contribution in [-0.4, -0.2) is 26.8 Å². The van der Waals surface area contributed by atoms with Crippen molar-refractivity contribution in [2.45, 2.75) is 51.3 Å². The average Bonchev–Trinajstić information content (AvgIpc) is 3.13. The van der Waals surface area contributed by atoms with Crippen molar-refractivity contribution in [3.63, 3.8) is 0 Å². The number of aliphatic hydroxyl groups is 1. The van der Waals surface area contributed by atoms with Gasteiger partial charge < -0.3 is 5.11 Å². The Kier molecular flexibility index (Phi) is 6.40. The molecule has 1 N–H and O–H groups in total. The van der Waals surface area contributed by atoms with Gasteiger partial charge in [0.2, 0.25) is 0 Å². The highest BCUT2D eigenvalue weighted by molar-refractivity contribution is 7.17. The standard InChI is InChI=1S/C17H21F3N2O2S/c1-3-5-11(23)6-4-7-13(24)15-9-8-14(25-15)12-10-16(17(18,19)20)22(2)21-12/h8-11,23H,3-7H2,1-2H3. The molecule has 2 rings (SSSR count). The molecular weight excluding hydrogens is 353 g/mol. The molecule has 0 saturated carbocycles. The Morgan fingerprint density at radius 2 is 2.08 bits per heavy atom. The number of rotatable bonds is 8. The van der Waals surface area contributed by atoms with E-state index in [-0.39, 0.29) is 17.6 Å². The van der Waals surface area contributed by atoms with E-state index in [9.17, 15) is 23.1 Å². The minimum absolute atomic E-state index is 0.0630. The van der Waals surface area contributed by atoms with Gasteiger partial charge in [-0.15, -0.1) is 11.3 Å². The van der Waals surface area contributed by atoms with Gasteiger partial charge in [-0.25, -0.2) is 0 Å². The molecule has 1 atom stereocenters. The van der Waals surface area contributed by atoms with Gasteiger partial charge in [0.25, 0.3) is 0 Å². The first-order valence-corrected chi connectivity index (χ1v) is 8.96. The molecule has 0 amide bonds. The Bertz CT molecular complexity index is 722. The number of alkyl halides is 3. The zero-order valence-electron chi connectivity index (χ0n) is 14.1. The summed E-state index contributed by atoms with van der Waals surface area (Å²) in [7, 11) is 1.24. The number of carbonyl (C=O) groups is 1. The van der Waals surface area contributed by atoms with Gasteiger partial charge in [0, 0.05) is 13.5 Å². The number of thiophene rings is 1. The molecule has 8 heteroatoms. The molecule has 2 aromatic heterocycles. The molecule has 0 aliphatic carbocycles. The number of aromatic nitrogens is 2. The fraction of sp³-hybridized carbons (Fsp3) is 0.529. The summed E-state index contributed by atoms with van der Waals surface area (Å²) >= 11 is 1.14. The van der Waals surface area contributed by atoms with Crippen LogP contribution in [0.5, 0.6) is 0 Å². The monoisotopic (exact) mass is 374 g/mol. The van der Waals surface area contributed by atoms with Crippen LogP contribution in [0.4, 0.5) is 13.2 Å². The van der Waals surface area contributed by atoms with Gasteiger partial charge in [0.1, 0.15) is 11.4 Å². The number of halogens is 3. The molecule has 0 saturated heterocycles. The smallest absolute Gasteiger partial charge is 0.393 e. The third-order valence-electron chi connectivity index (χ3n) is 3.87. The molecule has 1 unspecified atom stereocenters. The fourth-order valence-corrected chi connectivity index (χ4v) is 3.51. The van der Waals surface area contributed by atoms with Gasteiger partial charge in [0.05, 0.1) is 15.9 Å². The van der Waals surface area contributed by atoms with Crippen molar-refractivity contribution in [2.75, 3.05) is 0 Å². The summed E-state index contributed by atoms with van der Waals surface area (Å²) < 4.78 is 39.3. The summed E-state index contributed by atoms with van der Waals surface area (Å²) in [5.41, 5.74) is -0.620. The van der Waals surface area contributed by atoms with Crippen molar-refractivity contribution < 1.29 is 23.1 Å². The van der Waals surface area contributed by atoms with Crippen LogP contribution in [0.25, 0.3) is 10.6 Å². The van der Waals surface area contributed by atoms with E-state index < -0.39 is 11.9 Å². The molecule has 25 heavy (non-hydrogen) atoms. The molecular formula is C17H21F3N2O2S. The van der Waals surface area contributed by atoms with E-state index in [2.05, 4.69) is 5.10 Å². The molecule has 0 spiro atoms. The van der Waals surface area contributed by atoms with Crippen LogP contribution in [0.2, 0.25) is 0 Å². The maximum atomic E-state index is 12.8. The Morgan fingerprint density at radius 3 is 2.68 bits per heavy atom. The van der Waals surface area contributed by atoms with Gasteiger partial charge in [-0.05, 0) is 37.5 Å². The van der Waals surface area contributed by atoms with Crippen LogP contribution in [0.15, 0.2) is 18.2 Å². The van der Waals surface area contributed by atoms with Crippen molar-refractivity contribution in [3.05, 3.63) is 28.8 Å². The quantitative estimate of drug-likeness (QED) is 0.683. The second-order valence-electron chi connectivity index (χ2n) is 5.96. The van der Waals surface area contributed by atoms with Crippen molar-refractivity contribution in [3.8, 4) is 10.6 Å². The van der Waals surface area contributed by atoms with Crippen LogP contribution in [0.1, 0.15) is 54.4 Å². The van der Waals surface area contributed by atoms with Gasteiger partial charge >= 0.3 is 6.18 Å². The number of aryl methyl sites for hydroxylation is 1. The van der Waals surface area contributed by atoms with E-state index >= 15 is 0 Å². The second-order valence-corrected chi connectivity index (χ2v) is 7.04. The van der Waals surface area contributed by atoms with E-state index in [0.717, 1.165) is 34.9 Å². The number of aliphatic hydroxyl groups excluding tert-OH is 1. The summed E-state index contributed by atoms with van der Waals surface area (Å²) in [5.74, 6) is -0.0630. The number of hydrogen-bond donors (Lipinski definition) is 1. The molecule has 2 aromatic rings. The molecule has 4 nitrogen and oxygen atoms in total. The van der Waals surface area contributed by atoms with Crippen LogP contribution in [-0.2, 0) is 13.2 Å². The topological polar surface area (TPSA) is 55.1 Å². The largest absolute Gasteiger partial charge is 0.433 e. The van der Waals surface area contributed by atoms with E-state index in [1.165, 1.54) is 7.05 Å². The van der Waals surface area contributed by atoms with Gasteiger partial charge in [-0.1, -0.05) is 13.3 Å². The first-order valence-electron chi connectivity index (χ1n) is 8.15. The van der Waals surface area contributed by atoms with Crippen molar-refractivity contribution in [1.82, 2.24) is 9.78 Å². The number of carbonyl (C=O) groups excluding carboxylic acids is 1. The molecule has 138 valence electrons. The minimum atomic E-state index is -4.46. The lowest BCUT2D eigenvalue weighted by Crippen LogP contribution is -2.11. The normalized spacial score (nSPS) is 13.2. The number of nitrogens with zero attached hydrogens (tertiary/aromatic N) is 2. The second kappa shape index (κ2) is 8.14. The van der Waals surface area contributed by atoms with E-state index in [1.807, 2.05) is 6.92 Å². The highest BCUT2D eigenvalue weighted by Crippen LogP contribution is 2.34. The summed E-state index contributed by atoms with van der Waals surface area (Å²) in [6.45, 7) is 1.99. The highest BCUT2D eigenvalue weighted by atomic mass is 32.1. The molecule has 0 bridgehead atoms. The van der Waals surface area contributed by atoms with Crippen molar-refractivity contribution in [1.29, 1.82) is 0 Å². The first kappa shape index (κ1) is 19.7. The lowest BCUT2D eigenvalue weighted by Gasteiger charge is -2.07. The third kappa shape index (κ3) is 5.15. The fourth-order valence-electron chi connectivity index (χ4n) is 2.58. The molecule has 0 aromatic carbocycles. The van der Waals surface area contributed by atoms with Crippen LogP contribution in [0.3, 0.4) is 0 Å². The Morgan fingerprint density at radius 1 is 1.36 bits per heavy atom. The minimum Gasteiger partial charge on any atom is -0.393 e. The maximum Gasteiger partial charge on any atom is 0.433 e. The Labute approximate surface area is 148 Å². The molecule has 0 radical (unpaired) electrons. The number of Topliss-reactive ketones (excluding diaryl/α,β-unsaturated/α-hetero) is 1. The van der Waals surface area contributed by atoms with Crippen LogP contribution >= 0.6 is 11.3 Å². The lowest BCUT2D eigenvalue weighted by atomic mass is 10.1. The van der Waals surface area contributed by atoms with Crippen LogP contribution in [0, 0.1) is 0 Å². The highest BCUT2D eigenvalue weighted by Gasteiger charge is 2.35. The van der Waals surface area contributed by atoms with Gasteiger partial charge in [-0.3, -0.25) is 9.48 Å². The molecule has 0 fully saturated rings. The summed E-state index contributed by atoms with van der Waals surface area (Å²) in [6, 6.07) is 4.22. The van der Waals surface area contributed by atoms with Crippen molar-refractivity contribution in [2.24, 2.45) is 7.05 Å². The molecule has 0 aliphatic heterocycles. The summed E-state index contributed by atoms with van der Waals surface area (Å²) in [4.78, 5) is 13.2. The van der Waals surface area contributed by atoms with Gasteiger partial charge in [-0.2, -0.15) is 18.3 Å². The first-order chi connectivity index (χ1) is 11.7. The Hall–Kier alpha value is -1.67. The average molecular weight is 374 g/mol. The predicted octanol–water partition coefficient (Wildman–Crippen LogP) is 4.68. The predicted molar refractivity (Wildman–Crippen MR) is 90.6 cm³/mol. The van der Waals surface area contributed by atoms with Gasteiger partial charge in [0.15, 0.2) is 5.78 Å². The molecule has 2 heterocycles. The van der Waals surface area contributed by atoms with Crippen molar-refractivity contribution >= 4 is 17.1 Å². The Balaban J connectivity index is 2.01. The summed E-state index contributed by atoms with van der Waals surface area (Å²) in [6.07, 6.45) is -1.74. The number of hydrogen-bond acceptors (Lipinski definition) is 4. The zero-order chi connectivity index (χ0) is 18.6. The summed E-state index contributed by atoms with van der Waals surface area (Å²) in [5, 5.41) is 13.6. The number of ketones is 1. The molecule has 0 aliphatic rings. The van der Waals surface area contributed by atoms with E-state index in [1.54, 1.807) is 12.1 Å². The maximum absolute atomic E-state index is 12.8. The lowest BCUT2D eigenvalue weighted by molar-refractivity contribution is -0.143.